The van der Waals surface area contributed by atoms with E-state index in [4.69, 9.17) is 5.73 Å². The Balaban J connectivity index is 1.93. The van der Waals surface area contributed by atoms with E-state index in [-0.39, 0.29) is 6.29 Å². The Morgan fingerprint density at radius 1 is 1.00 bits per heavy atom. The molecule has 1 aliphatic carbocycles. The van der Waals surface area contributed by atoms with Crippen molar-refractivity contribution in [1.82, 2.24) is 16.2 Å². The fourth-order valence-electron chi connectivity index (χ4n) is 1.97. The lowest BCUT2D eigenvalue weighted by Crippen LogP contribution is -2.70. The minimum Gasteiger partial charge on any atom is -0.303 e. The first-order chi connectivity index (χ1) is 5.36. The van der Waals surface area contributed by atoms with Crippen LogP contribution in [0.1, 0.15) is 25.7 Å². The van der Waals surface area contributed by atoms with E-state index in [1.165, 1.54) is 25.7 Å². The van der Waals surface area contributed by atoms with Crippen LogP contribution in [-0.2, 0) is 0 Å². The van der Waals surface area contributed by atoms with Gasteiger partial charge in [0.2, 0.25) is 0 Å². The number of rotatable bonds is 0. The van der Waals surface area contributed by atoms with Gasteiger partial charge in [-0.25, -0.2) is 5.43 Å². The molecule has 0 amide bonds. The third-order valence-electron chi connectivity index (χ3n) is 2.58. The molecular formula is C7H16N4. The molecule has 2 fully saturated rings. The summed E-state index contributed by atoms with van der Waals surface area (Å²) < 4.78 is 0. The Morgan fingerprint density at radius 3 is 2.55 bits per heavy atom. The van der Waals surface area contributed by atoms with Crippen LogP contribution in [0.2, 0.25) is 0 Å². The van der Waals surface area contributed by atoms with E-state index in [9.17, 15) is 0 Å². The van der Waals surface area contributed by atoms with Crippen LogP contribution >= 0.6 is 0 Å². The van der Waals surface area contributed by atoms with Crippen LogP contribution in [0.15, 0.2) is 0 Å². The van der Waals surface area contributed by atoms with Crippen LogP contribution in [0.4, 0.5) is 0 Å². The molecule has 0 spiro atoms. The Morgan fingerprint density at radius 2 is 1.73 bits per heavy atom. The molecule has 0 radical (unpaired) electrons. The highest BCUT2D eigenvalue weighted by Crippen LogP contribution is 2.19. The predicted molar refractivity (Wildman–Crippen MR) is 43.4 cm³/mol. The van der Waals surface area contributed by atoms with Gasteiger partial charge in [0.1, 0.15) is 6.29 Å². The van der Waals surface area contributed by atoms with E-state index in [1.807, 2.05) is 0 Å². The summed E-state index contributed by atoms with van der Waals surface area (Å²) in [4.78, 5) is 0. The summed E-state index contributed by atoms with van der Waals surface area (Å²) in [5.74, 6) is 0. The van der Waals surface area contributed by atoms with E-state index >= 15 is 0 Å². The molecule has 1 saturated carbocycles. The monoisotopic (exact) mass is 156 g/mol. The maximum Gasteiger partial charge on any atom is 0.122 e. The Kier molecular flexibility index (Phi) is 2.09. The van der Waals surface area contributed by atoms with Crippen molar-refractivity contribution < 1.29 is 0 Å². The second-order valence-corrected chi connectivity index (χ2v) is 3.43. The van der Waals surface area contributed by atoms with E-state index in [0.29, 0.717) is 12.1 Å². The maximum absolute atomic E-state index is 5.66. The molecule has 0 aromatic heterocycles. The van der Waals surface area contributed by atoms with E-state index in [2.05, 4.69) is 16.2 Å². The van der Waals surface area contributed by atoms with Crippen LogP contribution in [0.5, 0.6) is 0 Å². The third kappa shape index (κ3) is 1.54. The lowest BCUT2D eigenvalue weighted by molar-refractivity contribution is 0.163. The fraction of sp³-hybridized carbons (Fsp3) is 1.00. The minimum absolute atomic E-state index is 0.0747. The highest BCUT2D eigenvalue weighted by molar-refractivity contribution is 4.89. The molecular weight excluding hydrogens is 140 g/mol. The standard InChI is InChI=1S/C7H16N4/c8-7-9-5-3-1-2-4-6(5)10-11-7/h5-7,9-11H,1-4,8H2. The van der Waals surface area contributed by atoms with Crippen molar-refractivity contribution >= 4 is 0 Å². The van der Waals surface area contributed by atoms with Gasteiger partial charge in [0, 0.05) is 12.1 Å². The molecule has 0 aromatic carbocycles. The molecule has 3 unspecified atom stereocenters. The predicted octanol–water partition coefficient (Wildman–Crippen LogP) is -0.763. The Hall–Kier alpha value is -0.160. The van der Waals surface area contributed by atoms with Crippen molar-refractivity contribution in [2.45, 2.75) is 44.1 Å². The number of nitrogens with one attached hydrogen (secondary N) is 3. The van der Waals surface area contributed by atoms with Gasteiger partial charge in [-0.1, -0.05) is 12.8 Å². The van der Waals surface area contributed by atoms with E-state index < -0.39 is 0 Å². The van der Waals surface area contributed by atoms with Crippen molar-refractivity contribution in [3.05, 3.63) is 0 Å². The summed E-state index contributed by atoms with van der Waals surface area (Å²) in [6.07, 6.45) is 5.12. The van der Waals surface area contributed by atoms with E-state index in [0.717, 1.165) is 0 Å². The molecule has 4 heteroatoms. The number of fused-ring (bicyclic) bond motifs is 1. The minimum atomic E-state index is -0.0747. The molecule has 11 heavy (non-hydrogen) atoms. The van der Waals surface area contributed by atoms with Gasteiger partial charge in [-0.3, -0.25) is 10.7 Å². The van der Waals surface area contributed by atoms with E-state index in [1.54, 1.807) is 0 Å². The van der Waals surface area contributed by atoms with Crippen molar-refractivity contribution in [3.63, 3.8) is 0 Å². The maximum atomic E-state index is 5.66. The van der Waals surface area contributed by atoms with Gasteiger partial charge in [-0.2, -0.15) is 0 Å². The largest absolute Gasteiger partial charge is 0.303 e. The smallest absolute Gasteiger partial charge is 0.122 e. The van der Waals surface area contributed by atoms with Gasteiger partial charge in [-0.15, -0.1) is 0 Å². The first-order valence-corrected chi connectivity index (χ1v) is 4.39. The van der Waals surface area contributed by atoms with Crippen LogP contribution in [-0.4, -0.2) is 18.4 Å². The van der Waals surface area contributed by atoms with Gasteiger partial charge >= 0.3 is 0 Å². The molecule has 0 bridgehead atoms. The summed E-state index contributed by atoms with van der Waals surface area (Å²) in [5.41, 5.74) is 11.9. The molecule has 4 nitrogen and oxygen atoms in total. The zero-order valence-electron chi connectivity index (χ0n) is 6.64. The zero-order valence-corrected chi connectivity index (χ0v) is 6.64. The molecule has 5 N–H and O–H groups in total. The zero-order chi connectivity index (χ0) is 7.68. The number of hydrazine groups is 1. The molecule has 64 valence electrons. The number of hydrogen-bond donors (Lipinski definition) is 4. The topological polar surface area (TPSA) is 62.1 Å². The first kappa shape index (κ1) is 7.49. The van der Waals surface area contributed by atoms with Gasteiger partial charge in [0.05, 0.1) is 0 Å². The first-order valence-electron chi connectivity index (χ1n) is 4.39. The Bertz CT molecular complexity index is 138. The number of nitrogens with two attached hydrogens (primary N) is 1. The van der Waals surface area contributed by atoms with Crippen molar-refractivity contribution in [2.24, 2.45) is 5.73 Å². The van der Waals surface area contributed by atoms with Gasteiger partial charge in [0.25, 0.3) is 0 Å². The number of hydrogen-bond acceptors (Lipinski definition) is 4. The fourth-order valence-corrected chi connectivity index (χ4v) is 1.97. The summed E-state index contributed by atoms with van der Waals surface area (Å²) in [7, 11) is 0. The van der Waals surface area contributed by atoms with Gasteiger partial charge in [-0.05, 0) is 12.8 Å². The molecule has 0 aromatic rings. The average molecular weight is 156 g/mol. The molecule has 2 rings (SSSR count). The van der Waals surface area contributed by atoms with Gasteiger partial charge in [0.15, 0.2) is 0 Å². The molecule has 1 heterocycles. The van der Waals surface area contributed by atoms with Crippen LogP contribution in [0.3, 0.4) is 0 Å². The lowest BCUT2D eigenvalue weighted by Gasteiger charge is -2.40. The van der Waals surface area contributed by atoms with Crippen molar-refractivity contribution in [3.8, 4) is 0 Å². The van der Waals surface area contributed by atoms with Crippen LogP contribution in [0.25, 0.3) is 0 Å². The third-order valence-corrected chi connectivity index (χ3v) is 2.58. The summed E-state index contributed by atoms with van der Waals surface area (Å²) in [6.45, 7) is 0. The normalized spacial score (nSPS) is 45.0. The summed E-state index contributed by atoms with van der Waals surface area (Å²) in [5, 5.41) is 3.32. The molecule has 1 saturated heterocycles. The summed E-state index contributed by atoms with van der Waals surface area (Å²) >= 11 is 0. The van der Waals surface area contributed by atoms with Crippen LogP contribution < -0.4 is 21.9 Å². The molecule has 3 atom stereocenters. The molecule has 1 aliphatic heterocycles. The summed E-state index contributed by atoms with van der Waals surface area (Å²) in [6, 6.07) is 1.17. The highest BCUT2D eigenvalue weighted by Gasteiger charge is 2.29. The van der Waals surface area contributed by atoms with Crippen molar-refractivity contribution in [2.75, 3.05) is 0 Å². The quantitative estimate of drug-likeness (QED) is 0.372. The molecule has 2 aliphatic rings. The lowest BCUT2D eigenvalue weighted by atomic mass is 9.90. The average Bonchev–Trinajstić information content (AvgIpc) is 2.04. The second-order valence-electron chi connectivity index (χ2n) is 3.43. The Labute approximate surface area is 66.9 Å². The van der Waals surface area contributed by atoms with Crippen molar-refractivity contribution in [1.29, 1.82) is 0 Å². The SMILES string of the molecule is NC1NNC2CCCCC2N1. The highest BCUT2D eigenvalue weighted by atomic mass is 15.5. The van der Waals surface area contributed by atoms with Gasteiger partial charge < -0.3 is 5.73 Å². The van der Waals surface area contributed by atoms with Crippen LogP contribution in [0, 0.1) is 0 Å². The second kappa shape index (κ2) is 3.06.